The lowest BCUT2D eigenvalue weighted by molar-refractivity contribution is -0.136. The van der Waals surface area contributed by atoms with Crippen LogP contribution < -0.4 is 14.8 Å². The highest BCUT2D eigenvalue weighted by atomic mass is 19.1. The number of carbonyl (C=O) groups is 2. The number of phenolic OH excluding ortho intramolecular Hbond substituents is 1. The molecule has 188 valence electrons. The molecule has 0 fully saturated rings. The van der Waals surface area contributed by atoms with Crippen LogP contribution in [-0.2, 0) is 23.3 Å². The molecule has 0 aliphatic carbocycles. The lowest BCUT2D eigenvalue weighted by Gasteiger charge is -2.24. The number of Topliss-reactive ketones (excluding diaryl/α,β-unsaturated/α-hetero) is 1. The van der Waals surface area contributed by atoms with E-state index in [1.807, 2.05) is 20.8 Å². The number of halogens is 1. The van der Waals surface area contributed by atoms with E-state index in [-0.39, 0.29) is 60.6 Å². The molecule has 0 amide bonds. The second-order valence-corrected chi connectivity index (χ2v) is 9.37. The van der Waals surface area contributed by atoms with E-state index in [0.717, 1.165) is 0 Å². The van der Waals surface area contributed by atoms with Crippen molar-refractivity contribution in [3.8, 4) is 17.2 Å². The third kappa shape index (κ3) is 5.22. The van der Waals surface area contributed by atoms with E-state index in [1.165, 1.54) is 25.2 Å². The van der Waals surface area contributed by atoms with Gasteiger partial charge in [0, 0.05) is 29.8 Å². The maximum Gasteiger partial charge on any atom is 0.317 e. The van der Waals surface area contributed by atoms with E-state index in [4.69, 9.17) is 20.0 Å². The monoisotopic (exact) mass is 487 g/mol. The van der Waals surface area contributed by atoms with Gasteiger partial charge in [-0.05, 0) is 29.2 Å². The highest BCUT2D eigenvalue weighted by Crippen LogP contribution is 2.39. The van der Waals surface area contributed by atoms with Crippen LogP contribution in [0.1, 0.15) is 53.4 Å². The summed E-state index contributed by atoms with van der Waals surface area (Å²) in [6.45, 7) is 5.38. The van der Waals surface area contributed by atoms with Gasteiger partial charge in [0.15, 0.2) is 23.1 Å². The van der Waals surface area contributed by atoms with Gasteiger partial charge >= 0.3 is 5.97 Å². The van der Waals surface area contributed by atoms with Crippen molar-refractivity contribution in [2.75, 3.05) is 27.3 Å². The first kappa shape index (κ1) is 26.0. The molecule has 0 atom stereocenters. The van der Waals surface area contributed by atoms with Crippen molar-refractivity contribution in [1.82, 2.24) is 10.2 Å². The van der Waals surface area contributed by atoms with Gasteiger partial charge in [-0.2, -0.15) is 0 Å². The summed E-state index contributed by atoms with van der Waals surface area (Å²) in [5.41, 5.74) is 1.32. The standard InChI is InChI=1S/C25H30FN3O6/c1-25(2,3)16-7-13(6-14(22(16)33)9-28-10-19(31)32)17(30)12-29-11-15-8-18(34-4)23(35-5)21(26)20(15)24(29)27/h6-8,27-28,33H,9-12H2,1-5H3,(H,31,32). The number of hydrogen-bond acceptors (Lipinski definition) is 7. The van der Waals surface area contributed by atoms with E-state index in [0.29, 0.717) is 22.3 Å². The molecule has 2 aromatic rings. The zero-order chi connectivity index (χ0) is 26.1. The van der Waals surface area contributed by atoms with Gasteiger partial charge in [-0.15, -0.1) is 0 Å². The molecular weight excluding hydrogens is 457 g/mol. The van der Waals surface area contributed by atoms with Crippen LogP contribution in [0, 0.1) is 11.2 Å². The molecule has 10 heteroatoms. The average molecular weight is 488 g/mol. The number of fused-ring (bicyclic) bond motifs is 1. The SMILES string of the molecule is COc1cc2c(c(F)c1OC)C(=N)N(CC(=O)c1cc(CNCC(=O)O)c(O)c(C(C)(C)C)c1)C2. The predicted octanol–water partition coefficient (Wildman–Crippen LogP) is 3.04. The first-order valence-electron chi connectivity index (χ1n) is 11.0. The number of nitrogens with zero attached hydrogens (tertiary/aromatic N) is 1. The van der Waals surface area contributed by atoms with Crippen LogP contribution in [0.25, 0.3) is 0 Å². The summed E-state index contributed by atoms with van der Waals surface area (Å²) in [5.74, 6) is -2.12. The maximum absolute atomic E-state index is 15.0. The smallest absolute Gasteiger partial charge is 0.317 e. The molecule has 9 nitrogen and oxygen atoms in total. The summed E-state index contributed by atoms with van der Waals surface area (Å²) < 4.78 is 25.3. The zero-order valence-electron chi connectivity index (χ0n) is 20.4. The van der Waals surface area contributed by atoms with E-state index in [2.05, 4.69) is 5.32 Å². The molecule has 3 rings (SSSR count). The largest absolute Gasteiger partial charge is 0.507 e. The molecule has 0 aromatic heterocycles. The second-order valence-electron chi connectivity index (χ2n) is 9.37. The van der Waals surface area contributed by atoms with E-state index in [9.17, 15) is 14.7 Å². The Morgan fingerprint density at radius 2 is 1.89 bits per heavy atom. The van der Waals surface area contributed by atoms with E-state index in [1.54, 1.807) is 12.1 Å². The summed E-state index contributed by atoms with van der Waals surface area (Å²) >= 11 is 0. The first-order valence-corrected chi connectivity index (χ1v) is 11.0. The predicted molar refractivity (Wildman–Crippen MR) is 127 cm³/mol. The molecule has 1 aliphatic heterocycles. The molecular formula is C25H30FN3O6. The number of ketones is 1. The highest BCUT2D eigenvalue weighted by Gasteiger charge is 2.33. The van der Waals surface area contributed by atoms with Gasteiger partial charge in [-0.25, -0.2) is 4.39 Å². The molecule has 35 heavy (non-hydrogen) atoms. The molecule has 2 aromatic carbocycles. The maximum atomic E-state index is 15.0. The molecule has 0 bridgehead atoms. The Morgan fingerprint density at radius 3 is 2.46 bits per heavy atom. The number of aliphatic carboxylic acids is 1. The van der Waals surface area contributed by atoms with Crippen LogP contribution in [0.3, 0.4) is 0 Å². The average Bonchev–Trinajstić information content (AvgIpc) is 3.08. The van der Waals surface area contributed by atoms with Crippen LogP contribution >= 0.6 is 0 Å². The Labute approximate surface area is 203 Å². The van der Waals surface area contributed by atoms with Crippen molar-refractivity contribution in [3.63, 3.8) is 0 Å². The van der Waals surface area contributed by atoms with Gasteiger partial charge in [0.05, 0.1) is 32.9 Å². The number of amidine groups is 1. The van der Waals surface area contributed by atoms with Crippen molar-refractivity contribution in [2.45, 2.75) is 39.3 Å². The number of nitrogens with one attached hydrogen (secondary N) is 2. The lowest BCUT2D eigenvalue weighted by atomic mass is 9.83. The lowest BCUT2D eigenvalue weighted by Crippen LogP contribution is -2.31. The summed E-state index contributed by atoms with van der Waals surface area (Å²) in [5, 5.41) is 30.8. The number of carboxylic acids is 1. The molecule has 0 radical (unpaired) electrons. The van der Waals surface area contributed by atoms with Gasteiger partial charge < -0.3 is 29.9 Å². The highest BCUT2D eigenvalue weighted by molar-refractivity contribution is 6.06. The molecule has 0 saturated carbocycles. The normalized spacial score (nSPS) is 13.1. The number of phenols is 1. The number of benzene rings is 2. The Kier molecular flexibility index (Phi) is 7.35. The third-order valence-corrected chi connectivity index (χ3v) is 5.85. The molecule has 1 heterocycles. The zero-order valence-corrected chi connectivity index (χ0v) is 20.4. The fourth-order valence-corrected chi connectivity index (χ4v) is 4.09. The fourth-order valence-electron chi connectivity index (χ4n) is 4.09. The Bertz CT molecular complexity index is 1190. The van der Waals surface area contributed by atoms with Gasteiger partial charge in [0.2, 0.25) is 0 Å². The van der Waals surface area contributed by atoms with Crippen LogP contribution in [0.5, 0.6) is 17.2 Å². The number of aromatic hydroxyl groups is 1. The second kappa shape index (κ2) is 9.91. The Morgan fingerprint density at radius 1 is 1.20 bits per heavy atom. The fraction of sp³-hybridized carbons (Fsp3) is 0.400. The number of ether oxygens (including phenoxy) is 2. The number of carbonyl (C=O) groups excluding carboxylic acids is 1. The topological polar surface area (TPSA) is 132 Å². The third-order valence-electron chi connectivity index (χ3n) is 5.85. The summed E-state index contributed by atoms with van der Waals surface area (Å²) in [6.07, 6.45) is 0. The molecule has 0 saturated heterocycles. The minimum absolute atomic E-state index is 0.00507. The van der Waals surface area contributed by atoms with Crippen LogP contribution in [0.15, 0.2) is 18.2 Å². The van der Waals surface area contributed by atoms with Gasteiger partial charge in [0.1, 0.15) is 11.6 Å². The minimum Gasteiger partial charge on any atom is -0.507 e. The van der Waals surface area contributed by atoms with Crippen molar-refractivity contribution < 1.29 is 33.7 Å². The van der Waals surface area contributed by atoms with Crippen LogP contribution in [0.4, 0.5) is 4.39 Å². The molecule has 0 unspecified atom stereocenters. The van der Waals surface area contributed by atoms with Gasteiger partial charge in [0.25, 0.3) is 0 Å². The van der Waals surface area contributed by atoms with Gasteiger partial charge in [-0.1, -0.05) is 20.8 Å². The quantitative estimate of drug-likeness (QED) is 0.397. The number of methoxy groups -OCH3 is 2. The van der Waals surface area contributed by atoms with Crippen LogP contribution in [0.2, 0.25) is 0 Å². The number of rotatable bonds is 9. The molecule has 1 aliphatic rings. The summed E-state index contributed by atoms with van der Waals surface area (Å²) in [4.78, 5) is 25.6. The summed E-state index contributed by atoms with van der Waals surface area (Å²) in [7, 11) is 2.71. The van der Waals surface area contributed by atoms with Crippen molar-refractivity contribution >= 4 is 17.6 Å². The van der Waals surface area contributed by atoms with E-state index >= 15 is 4.39 Å². The first-order chi connectivity index (χ1) is 16.4. The molecule has 0 spiro atoms. The minimum atomic E-state index is -1.04. The number of hydrogen-bond donors (Lipinski definition) is 4. The van der Waals surface area contributed by atoms with E-state index < -0.39 is 17.2 Å². The van der Waals surface area contributed by atoms with Crippen molar-refractivity contribution in [3.05, 3.63) is 51.8 Å². The van der Waals surface area contributed by atoms with Crippen molar-refractivity contribution in [2.24, 2.45) is 0 Å². The molecule has 4 N–H and O–H groups in total. The Balaban J connectivity index is 1.91. The number of carboxylic acid groups (broad SMARTS) is 1. The van der Waals surface area contributed by atoms with Crippen LogP contribution in [-0.4, -0.2) is 60.0 Å². The summed E-state index contributed by atoms with van der Waals surface area (Å²) in [6, 6.07) is 4.72. The van der Waals surface area contributed by atoms with Gasteiger partial charge in [-0.3, -0.25) is 15.0 Å². The Hall–Kier alpha value is -3.66. The van der Waals surface area contributed by atoms with Crippen molar-refractivity contribution in [1.29, 1.82) is 5.41 Å².